The summed E-state index contributed by atoms with van der Waals surface area (Å²) in [6, 6.07) is 7.24. The number of aliphatic hydroxyl groups is 1. The van der Waals surface area contributed by atoms with Crippen LogP contribution >= 0.6 is 0 Å². The summed E-state index contributed by atoms with van der Waals surface area (Å²) in [4.78, 5) is 2.64. The molecule has 2 unspecified atom stereocenters. The maximum absolute atomic E-state index is 12.7. The first-order valence-corrected chi connectivity index (χ1v) is 9.91. The third-order valence-corrected chi connectivity index (χ3v) is 7.01. The Morgan fingerprint density at radius 1 is 1.00 bits per heavy atom. The molecule has 1 saturated carbocycles. The van der Waals surface area contributed by atoms with Crippen molar-refractivity contribution in [2.45, 2.75) is 49.6 Å². The second kappa shape index (κ2) is 6.89. The van der Waals surface area contributed by atoms with E-state index in [4.69, 9.17) is 0 Å². The molecule has 1 aliphatic carbocycles. The highest BCUT2D eigenvalue weighted by molar-refractivity contribution is 7.89. The molecule has 0 spiro atoms. The van der Waals surface area contributed by atoms with Crippen molar-refractivity contribution in [1.82, 2.24) is 9.21 Å². The molecule has 1 aromatic rings. The molecule has 2 fully saturated rings. The van der Waals surface area contributed by atoms with Crippen LogP contribution in [0.4, 0.5) is 0 Å². The van der Waals surface area contributed by atoms with Gasteiger partial charge in [0, 0.05) is 32.2 Å². The smallest absolute Gasteiger partial charge is 0.243 e. The zero-order valence-corrected chi connectivity index (χ0v) is 14.5. The number of rotatable bonds is 3. The zero-order valence-electron chi connectivity index (χ0n) is 13.7. The van der Waals surface area contributed by atoms with E-state index >= 15 is 0 Å². The summed E-state index contributed by atoms with van der Waals surface area (Å²) in [7, 11) is -3.40. The van der Waals surface area contributed by atoms with E-state index in [1.807, 2.05) is 19.1 Å². The predicted octanol–water partition coefficient (Wildman–Crippen LogP) is 1.60. The van der Waals surface area contributed by atoms with Crippen molar-refractivity contribution in [2.75, 3.05) is 26.2 Å². The van der Waals surface area contributed by atoms with Crippen molar-refractivity contribution in [2.24, 2.45) is 0 Å². The monoisotopic (exact) mass is 338 g/mol. The fourth-order valence-corrected chi connectivity index (χ4v) is 5.07. The van der Waals surface area contributed by atoms with Gasteiger partial charge < -0.3 is 5.11 Å². The molecular weight excluding hydrogens is 312 g/mol. The Bertz CT molecular complexity index is 622. The van der Waals surface area contributed by atoms with Crippen LogP contribution < -0.4 is 0 Å². The van der Waals surface area contributed by atoms with Gasteiger partial charge in [-0.3, -0.25) is 4.90 Å². The molecule has 128 valence electrons. The standard InChI is InChI=1S/C17H26N2O3S/c1-14-6-8-15(9-7-14)23(21,22)19-12-10-18(11-13-19)16-4-2-3-5-17(16)20/h6-9,16-17,20H,2-5,10-13H2,1H3. The Kier molecular flexibility index (Phi) is 5.06. The quantitative estimate of drug-likeness (QED) is 0.909. The molecule has 23 heavy (non-hydrogen) atoms. The Morgan fingerprint density at radius 3 is 2.22 bits per heavy atom. The van der Waals surface area contributed by atoms with Gasteiger partial charge in [0.25, 0.3) is 0 Å². The van der Waals surface area contributed by atoms with E-state index in [2.05, 4.69) is 4.90 Å². The Morgan fingerprint density at radius 2 is 1.61 bits per heavy atom. The summed E-state index contributed by atoms with van der Waals surface area (Å²) in [5.74, 6) is 0. The first kappa shape index (κ1) is 16.9. The molecule has 5 nitrogen and oxygen atoms in total. The average molecular weight is 338 g/mol. The number of hydrogen-bond donors (Lipinski definition) is 1. The van der Waals surface area contributed by atoms with Crippen LogP contribution in [0, 0.1) is 6.92 Å². The third kappa shape index (κ3) is 3.60. The van der Waals surface area contributed by atoms with Gasteiger partial charge >= 0.3 is 0 Å². The van der Waals surface area contributed by atoms with Gasteiger partial charge in [0.15, 0.2) is 0 Å². The fraction of sp³-hybridized carbons (Fsp3) is 0.647. The van der Waals surface area contributed by atoms with E-state index in [1.165, 1.54) is 0 Å². The van der Waals surface area contributed by atoms with Crippen LogP contribution in [0.5, 0.6) is 0 Å². The summed E-state index contributed by atoms with van der Waals surface area (Å²) in [5, 5.41) is 10.2. The molecule has 1 heterocycles. The zero-order chi connectivity index (χ0) is 16.4. The molecular formula is C17H26N2O3S. The summed E-state index contributed by atoms with van der Waals surface area (Å²) in [6.45, 7) is 4.35. The van der Waals surface area contributed by atoms with E-state index < -0.39 is 10.0 Å². The van der Waals surface area contributed by atoms with Gasteiger partial charge in [-0.2, -0.15) is 4.31 Å². The van der Waals surface area contributed by atoms with E-state index in [-0.39, 0.29) is 12.1 Å². The van der Waals surface area contributed by atoms with Crippen LogP contribution in [0.2, 0.25) is 0 Å². The van der Waals surface area contributed by atoms with Crippen LogP contribution in [0.25, 0.3) is 0 Å². The van der Waals surface area contributed by atoms with Gasteiger partial charge in [0.05, 0.1) is 11.0 Å². The lowest BCUT2D eigenvalue weighted by Crippen LogP contribution is -2.55. The summed E-state index contributed by atoms with van der Waals surface area (Å²) in [6.07, 6.45) is 3.88. The van der Waals surface area contributed by atoms with Crippen molar-refractivity contribution in [3.05, 3.63) is 29.8 Å². The van der Waals surface area contributed by atoms with Crippen LogP contribution in [0.1, 0.15) is 31.2 Å². The largest absolute Gasteiger partial charge is 0.391 e. The van der Waals surface area contributed by atoms with E-state index in [1.54, 1.807) is 16.4 Å². The van der Waals surface area contributed by atoms with Crippen molar-refractivity contribution < 1.29 is 13.5 Å². The molecule has 6 heteroatoms. The highest BCUT2D eigenvalue weighted by Gasteiger charge is 2.34. The number of nitrogens with zero attached hydrogens (tertiary/aromatic N) is 2. The number of hydrogen-bond acceptors (Lipinski definition) is 4. The number of sulfonamides is 1. The topological polar surface area (TPSA) is 60.9 Å². The van der Waals surface area contributed by atoms with Crippen molar-refractivity contribution in [3.63, 3.8) is 0 Å². The number of piperazine rings is 1. The van der Waals surface area contributed by atoms with Gasteiger partial charge in [0.1, 0.15) is 0 Å². The van der Waals surface area contributed by atoms with Gasteiger partial charge in [-0.25, -0.2) is 8.42 Å². The van der Waals surface area contributed by atoms with E-state index in [9.17, 15) is 13.5 Å². The lowest BCUT2D eigenvalue weighted by molar-refractivity contribution is 0.00640. The molecule has 1 saturated heterocycles. The van der Waals surface area contributed by atoms with Gasteiger partial charge in [-0.1, -0.05) is 30.5 Å². The minimum Gasteiger partial charge on any atom is -0.391 e. The molecule has 1 aliphatic heterocycles. The van der Waals surface area contributed by atoms with Gasteiger partial charge in [0.2, 0.25) is 10.0 Å². The average Bonchev–Trinajstić information content (AvgIpc) is 2.56. The molecule has 1 aromatic carbocycles. The first-order chi connectivity index (χ1) is 11.0. The van der Waals surface area contributed by atoms with E-state index in [0.29, 0.717) is 31.1 Å². The van der Waals surface area contributed by atoms with Crippen LogP contribution in [-0.2, 0) is 10.0 Å². The fourth-order valence-electron chi connectivity index (χ4n) is 3.65. The summed E-state index contributed by atoms with van der Waals surface area (Å²) >= 11 is 0. The predicted molar refractivity (Wildman–Crippen MR) is 89.8 cm³/mol. The van der Waals surface area contributed by atoms with Crippen LogP contribution in [0.3, 0.4) is 0 Å². The lowest BCUT2D eigenvalue weighted by Gasteiger charge is -2.42. The molecule has 0 bridgehead atoms. The summed E-state index contributed by atoms with van der Waals surface area (Å²) in [5.41, 5.74) is 1.06. The Balaban J connectivity index is 1.65. The lowest BCUT2D eigenvalue weighted by atomic mass is 9.91. The van der Waals surface area contributed by atoms with E-state index in [0.717, 1.165) is 31.2 Å². The Labute approximate surface area is 139 Å². The second-order valence-electron chi connectivity index (χ2n) is 6.67. The number of aryl methyl sites for hydroxylation is 1. The molecule has 0 aromatic heterocycles. The normalized spacial score (nSPS) is 27.9. The highest BCUT2D eigenvalue weighted by atomic mass is 32.2. The van der Waals surface area contributed by atoms with Gasteiger partial charge in [-0.15, -0.1) is 0 Å². The number of aliphatic hydroxyl groups excluding tert-OH is 1. The maximum Gasteiger partial charge on any atom is 0.243 e. The molecule has 0 radical (unpaired) electrons. The van der Waals surface area contributed by atoms with Crippen molar-refractivity contribution >= 4 is 10.0 Å². The highest BCUT2D eigenvalue weighted by Crippen LogP contribution is 2.25. The Hall–Kier alpha value is -0.950. The molecule has 0 amide bonds. The molecule has 1 N–H and O–H groups in total. The summed E-state index contributed by atoms with van der Waals surface area (Å²) < 4.78 is 27.0. The molecule has 2 atom stereocenters. The third-order valence-electron chi connectivity index (χ3n) is 5.09. The molecule has 3 rings (SSSR count). The van der Waals surface area contributed by atoms with Gasteiger partial charge in [-0.05, 0) is 31.9 Å². The first-order valence-electron chi connectivity index (χ1n) is 8.47. The minimum atomic E-state index is -3.40. The number of benzene rings is 1. The SMILES string of the molecule is Cc1ccc(S(=O)(=O)N2CCN(C3CCCCC3O)CC2)cc1. The van der Waals surface area contributed by atoms with Crippen LogP contribution in [-0.4, -0.2) is 61.1 Å². The molecule has 2 aliphatic rings. The van der Waals surface area contributed by atoms with Crippen molar-refractivity contribution in [3.8, 4) is 0 Å². The van der Waals surface area contributed by atoms with Crippen molar-refractivity contribution in [1.29, 1.82) is 0 Å². The second-order valence-corrected chi connectivity index (χ2v) is 8.61. The van der Waals surface area contributed by atoms with Crippen LogP contribution in [0.15, 0.2) is 29.2 Å². The maximum atomic E-state index is 12.7. The minimum absolute atomic E-state index is 0.202.